The zero-order chi connectivity index (χ0) is 19.5. The number of benzene rings is 2. The summed E-state index contributed by atoms with van der Waals surface area (Å²) in [5.41, 5.74) is 5.48. The summed E-state index contributed by atoms with van der Waals surface area (Å²) in [5, 5.41) is 0. The Balaban J connectivity index is 0.00000392. The van der Waals surface area contributed by atoms with Gasteiger partial charge in [0.05, 0.1) is 0 Å². The van der Waals surface area contributed by atoms with E-state index in [4.69, 9.17) is 0 Å². The van der Waals surface area contributed by atoms with Crippen LogP contribution in [0.4, 0.5) is 11.4 Å². The van der Waals surface area contributed by atoms with Gasteiger partial charge >= 0.3 is 0 Å². The molecule has 0 aromatic heterocycles. The van der Waals surface area contributed by atoms with Crippen LogP contribution in [0.15, 0.2) is 48.5 Å². The Bertz CT molecular complexity index is 561. The van der Waals surface area contributed by atoms with Crippen LogP contribution in [0.25, 0.3) is 0 Å². The number of nitrogens with zero attached hydrogens (tertiary/aromatic N) is 2. The molecule has 28 heavy (non-hydrogen) atoms. The summed E-state index contributed by atoms with van der Waals surface area (Å²) in [6.07, 6.45) is 5.79. The van der Waals surface area contributed by atoms with Crippen molar-refractivity contribution in [1.29, 1.82) is 0 Å². The van der Waals surface area contributed by atoms with Crippen LogP contribution in [-0.2, 0) is 6.42 Å². The largest absolute Gasteiger partial charge is 0.372 e. The second kappa shape index (κ2) is 13.3. The third-order valence-corrected chi connectivity index (χ3v) is 4.99. The first-order chi connectivity index (χ1) is 13.2. The Hall–Kier alpha value is -1.96. The number of anilines is 2. The molecule has 0 saturated carbocycles. The standard InChI is InChI=1S/C25H38N2.CH4/c1-5-17-26(18-6-2)24-13-9-22(10-14-24)21-23-11-15-25(16-12-23)27(19-7-3)20-8-4;/h9-16H,5-8,17-21H2,1-4H3;1H4. The fourth-order valence-electron chi connectivity index (χ4n) is 3.70. The predicted octanol–water partition coefficient (Wildman–Crippen LogP) is 7.17. The van der Waals surface area contributed by atoms with Gasteiger partial charge in [0.1, 0.15) is 0 Å². The summed E-state index contributed by atoms with van der Waals surface area (Å²) in [6.45, 7) is 13.6. The minimum Gasteiger partial charge on any atom is -0.372 e. The van der Waals surface area contributed by atoms with Crippen LogP contribution >= 0.6 is 0 Å². The number of hydrogen-bond acceptors (Lipinski definition) is 2. The van der Waals surface area contributed by atoms with E-state index in [1.165, 1.54) is 48.2 Å². The third kappa shape index (κ3) is 7.22. The Labute approximate surface area is 174 Å². The first-order valence-electron chi connectivity index (χ1n) is 10.9. The van der Waals surface area contributed by atoms with Crippen molar-refractivity contribution in [1.82, 2.24) is 0 Å². The van der Waals surface area contributed by atoms with Crippen LogP contribution in [0.1, 0.15) is 71.9 Å². The molecule has 0 spiro atoms. The summed E-state index contributed by atoms with van der Waals surface area (Å²) < 4.78 is 0. The van der Waals surface area contributed by atoms with Gasteiger partial charge in [-0.15, -0.1) is 0 Å². The molecule has 2 heteroatoms. The number of hydrogen-bond donors (Lipinski definition) is 0. The summed E-state index contributed by atoms with van der Waals surface area (Å²) in [7, 11) is 0. The molecule has 0 aliphatic heterocycles. The Morgan fingerprint density at radius 2 is 0.786 bits per heavy atom. The van der Waals surface area contributed by atoms with Crippen molar-refractivity contribution in [3.05, 3.63) is 59.7 Å². The molecule has 0 bridgehead atoms. The van der Waals surface area contributed by atoms with Gasteiger partial charge in [-0.05, 0) is 67.5 Å². The SMILES string of the molecule is C.CCCN(CCC)c1ccc(Cc2ccc(N(CCC)CCC)cc2)cc1. The molecule has 0 radical (unpaired) electrons. The molecule has 2 rings (SSSR count). The van der Waals surface area contributed by atoms with E-state index < -0.39 is 0 Å². The average molecular weight is 383 g/mol. The van der Waals surface area contributed by atoms with Crippen molar-refractivity contribution >= 4 is 11.4 Å². The minimum atomic E-state index is 0. The molecular weight excluding hydrogens is 340 g/mol. The molecule has 0 fully saturated rings. The highest BCUT2D eigenvalue weighted by atomic mass is 15.1. The Kier molecular flexibility index (Phi) is 11.4. The average Bonchev–Trinajstić information content (AvgIpc) is 2.69. The van der Waals surface area contributed by atoms with Crippen LogP contribution in [0, 0.1) is 0 Å². The highest BCUT2D eigenvalue weighted by Crippen LogP contribution is 2.20. The molecule has 0 heterocycles. The highest BCUT2D eigenvalue weighted by Gasteiger charge is 2.06. The molecular formula is C26H42N2. The van der Waals surface area contributed by atoms with Gasteiger partial charge in [0.25, 0.3) is 0 Å². The van der Waals surface area contributed by atoms with Gasteiger partial charge in [-0.1, -0.05) is 59.4 Å². The second-order valence-electron chi connectivity index (χ2n) is 7.48. The molecule has 2 nitrogen and oxygen atoms in total. The summed E-state index contributed by atoms with van der Waals surface area (Å²) in [4.78, 5) is 4.99. The zero-order valence-electron chi connectivity index (χ0n) is 17.9. The quantitative estimate of drug-likeness (QED) is 0.384. The van der Waals surface area contributed by atoms with Crippen LogP contribution < -0.4 is 9.80 Å². The lowest BCUT2D eigenvalue weighted by molar-refractivity contribution is 0.744. The minimum absolute atomic E-state index is 0. The first-order valence-corrected chi connectivity index (χ1v) is 10.9. The van der Waals surface area contributed by atoms with Gasteiger partial charge in [0, 0.05) is 37.6 Å². The lowest BCUT2D eigenvalue weighted by atomic mass is 10.0. The topological polar surface area (TPSA) is 6.48 Å². The van der Waals surface area contributed by atoms with Gasteiger partial charge in [0.15, 0.2) is 0 Å². The smallest absolute Gasteiger partial charge is 0.0366 e. The highest BCUT2D eigenvalue weighted by molar-refractivity contribution is 5.50. The van der Waals surface area contributed by atoms with Crippen molar-refractivity contribution in [3.63, 3.8) is 0 Å². The van der Waals surface area contributed by atoms with Crippen molar-refractivity contribution < 1.29 is 0 Å². The molecule has 0 aliphatic carbocycles. The maximum Gasteiger partial charge on any atom is 0.0366 e. The molecule has 0 amide bonds. The fraction of sp³-hybridized carbons (Fsp3) is 0.538. The van der Waals surface area contributed by atoms with Crippen molar-refractivity contribution in [3.8, 4) is 0 Å². The molecule has 0 saturated heterocycles. The second-order valence-corrected chi connectivity index (χ2v) is 7.48. The first kappa shape index (κ1) is 24.1. The number of rotatable bonds is 12. The van der Waals surface area contributed by atoms with Gasteiger partial charge in [0.2, 0.25) is 0 Å². The molecule has 2 aromatic rings. The van der Waals surface area contributed by atoms with E-state index in [1.54, 1.807) is 0 Å². The van der Waals surface area contributed by atoms with Crippen LogP contribution in [0.3, 0.4) is 0 Å². The van der Waals surface area contributed by atoms with Crippen molar-refractivity contribution in [2.75, 3.05) is 36.0 Å². The predicted molar refractivity (Wildman–Crippen MR) is 128 cm³/mol. The van der Waals surface area contributed by atoms with E-state index in [0.717, 1.165) is 32.6 Å². The lowest BCUT2D eigenvalue weighted by Crippen LogP contribution is -2.24. The van der Waals surface area contributed by atoms with Gasteiger partial charge < -0.3 is 9.80 Å². The van der Waals surface area contributed by atoms with Crippen molar-refractivity contribution in [2.45, 2.75) is 67.2 Å². The van der Waals surface area contributed by atoms with E-state index >= 15 is 0 Å². The van der Waals surface area contributed by atoms with E-state index in [1.807, 2.05) is 0 Å². The van der Waals surface area contributed by atoms with Crippen LogP contribution in [0.5, 0.6) is 0 Å². The molecule has 0 unspecified atom stereocenters. The molecule has 2 aromatic carbocycles. The molecule has 0 aliphatic rings. The van der Waals surface area contributed by atoms with Crippen LogP contribution in [0.2, 0.25) is 0 Å². The fourth-order valence-corrected chi connectivity index (χ4v) is 3.70. The summed E-state index contributed by atoms with van der Waals surface area (Å²) >= 11 is 0. The van der Waals surface area contributed by atoms with E-state index in [9.17, 15) is 0 Å². The van der Waals surface area contributed by atoms with E-state index in [-0.39, 0.29) is 7.43 Å². The van der Waals surface area contributed by atoms with E-state index in [2.05, 4.69) is 86.0 Å². The summed E-state index contributed by atoms with van der Waals surface area (Å²) in [6, 6.07) is 18.3. The normalized spacial score (nSPS) is 10.4. The molecule has 156 valence electrons. The van der Waals surface area contributed by atoms with Crippen LogP contribution in [-0.4, -0.2) is 26.2 Å². The molecule has 0 atom stereocenters. The van der Waals surface area contributed by atoms with Crippen molar-refractivity contribution in [2.24, 2.45) is 0 Å². The Morgan fingerprint density at radius 1 is 0.500 bits per heavy atom. The van der Waals surface area contributed by atoms with Gasteiger partial charge in [-0.25, -0.2) is 0 Å². The lowest BCUT2D eigenvalue weighted by Gasteiger charge is -2.24. The monoisotopic (exact) mass is 382 g/mol. The summed E-state index contributed by atoms with van der Waals surface area (Å²) in [5.74, 6) is 0. The van der Waals surface area contributed by atoms with E-state index in [0.29, 0.717) is 0 Å². The maximum absolute atomic E-state index is 2.49. The van der Waals surface area contributed by atoms with Gasteiger partial charge in [-0.3, -0.25) is 0 Å². The van der Waals surface area contributed by atoms with Gasteiger partial charge in [-0.2, -0.15) is 0 Å². The Morgan fingerprint density at radius 3 is 1.04 bits per heavy atom. The molecule has 0 N–H and O–H groups in total. The maximum atomic E-state index is 2.49. The third-order valence-electron chi connectivity index (χ3n) is 4.99. The zero-order valence-corrected chi connectivity index (χ0v) is 17.9.